The Balaban J connectivity index is 1.83. The summed E-state index contributed by atoms with van der Waals surface area (Å²) in [6, 6.07) is 5.33. The van der Waals surface area contributed by atoms with Crippen LogP contribution >= 0.6 is 0 Å². The van der Waals surface area contributed by atoms with Gasteiger partial charge in [-0.25, -0.2) is 8.42 Å². The van der Waals surface area contributed by atoms with Gasteiger partial charge in [-0.2, -0.15) is 0 Å². The fourth-order valence-electron chi connectivity index (χ4n) is 3.98. The van der Waals surface area contributed by atoms with Crippen LogP contribution in [0.3, 0.4) is 0 Å². The maximum Gasteiger partial charge on any atom is 0.177 e. The maximum atomic E-state index is 11.8. The Kier molecular flexibility index (Phi) is 3.64. The van der Waals surface area contributed by atoms with Gasteiger partial charge in [0.15, 0.2) is 9.84 Å². The third kappa shape index (κ3) is 2.76. The Hall–Kier alpha value is -1.23. The molecule has 1 aromatic rings. The SMILES string of the molecule is CS(=O)(=O)c1cccc(N2CCC3(CCCC3)CC2)c1N. The average molecular weight is 308 g/mol. The molecule has 1 heterocycles. The standard InChI is InChI=1S/C16H24N2O2S/c1-21(19,20)14-6-4-5-13(15(14)17)18-11-9-16(10-12-18)7-2-3-8-16/h4-6H,2-3,7-12,17H2,1H3. The lowest BCUT2D eigenvalue weighted by atomic mass is 9.77. The zero-order valence-electron chi connectivity index (χ0n) is 12.6. The number of nitrogens with two attached hydrogens (primary N) is 1. The summed E-state index contributed by atoms with van der Waals surface area (Å²) in [7, 11) is -3.27. The number of rotatable bonds is 2. The molecule has 0 amide bonds. The first-order chi connectivity index (χ1) is 9.91. The van der Waals surface area contributed by atoms with Crippen LogP contribution in [0.15, 0.2) is 23.1 Å². The smallest absolute Gasteiger partial charge is 0.177 e. The van der Waals surface area contributed by atoms with Crippen molar-refractivity contribution in [2.75, 3.05) is 30.0 Å². The first-order valence-electron chi connectivity index (χ1n) is 7.75. The minimum atomic E-state index is -3.27. The van der Waals surface area contributed by atoms with E-state index in [1.165, 1.54) is 44.8 Å². The molecule has 1 aliphatic carbocycles. The van der Waals surface area contributed by atoms with Crippen molar-refractivity contribution in [2.45, 2.75) is 43.4 Å². The normalized spacial score (nSPS) is 21.9. The molecule has 0 atom stereocenters. The molecule has 1 aromatic carbocycles. The molecule has 1 spiro atoms. The van der Waals surface area contributed by atoms with Crippen molar-refractivity contribution in [3.8, 4) is 0 Å². The minimum absolute atomic E-state index is 0.251. The van der Waals surface area contributed by atoms with Crippen LogP contribution in [0.1, 0.15) is 38.5 Å². The van der Waals surface area contributed by atoms with Crippen LogP contribution in [0.5, 0.6) is 0 Å². The van der Waals surface area contributed by atoms with E-state index in [1.807, 2.05) is 6.07 Å². The van der Waals surface area contributed by atoms with Crippen LogP contribution in [0, 0.1) is 5.41 Å². The molecule has 21 heavy (non-hydrogen) atoms. The fraction of sp³-hybridized carbons (Fsp3) is 0.625. The van der Waals surface area contributed by atoms with Crippen molar-refractivity contribution in [3.05, 3.63) is 18.2 Å². The molecular weight excluding hydrogens is 284 g/mol. The molecule has 3 rings (SSSR count). The summed E-state index contributed by atoms with van der Waals surface area (Å²) in [6.45, 7) is 1.97. The van der Waals surface area contributed by atoms with E-state index in [2.05, 4.69) is 4.90 Å². The highest BCUT2D eigenvalue weighted by atomic mass is 32.2. The summed E-state index contributed by atoms with van der Waals surface area (Å²) in [5, 5.41) is 0. The van der Waals surface area contributed by atoms with Crippen LogP contribution in [0.25, 0.3) is 0 Å². The molecule has 0 bridgehead atoms. The highest BCUT2D eigenvalue weighted by molar-refractivity contribution is 7.90. The number of hydrogen-bond acceptors (Lipinski definition) is 4. The van der Waals surface area contributed by atoms with Gasteiger partial charge in [0, 0.05) is 19.3 Å². The summed E-state index contributed by atoms with van der Waals surface area (Å²) >= 11 is 0. The highest BCUT2D eigenvalue weighted by Gasteiger charge is 2.37. The highest BCUT2D eigenvalue weighted by Crippen LogP contribution is 2.47. The van der Waals surface area contributed by atoms with Crippen molar-refractivity contribution in [3.63, 3.8) is 0 Å². The van der Waals surface area contributed by atoms with Gasteiger partial charge < -0.3 is 10.6 Å². The Morgan fingerprint density at radius 3 is 2.29 bits per heavy atom. The number of hydrogen-bond donors (Lipinski definition) is 1. The monoisotopic (exact) mass is 308 g/mol. The van der Waals surface area contributed by atoms with Gasteiger partial charge in [0.25, 0.3) is 0 Å². The molecule has 1 saturated heterocycles. The van der Waals surface area contributed by atoms with Gasteiger partial charge in [0.1, 0.15) is 0 Å². The predicted octanol–water partition coefficient (Wildman–Crippen LogP) is 2.83. The van der Waals surface area contributed by atoms with Gasteiger partial charge >= 0.3 is 0 Å². The molecule has 2 fully saturated rings. The van der Waals surface area contributed by atoms with Crippen molar-refractivity contribution in [1.29, 1.82) is 0 Å². The number of para-hydroxylation sites is 1. The van der Waals surface area contributed by atoms with Crippen molar-refractivity contribution in [2.24, 2.45) is 5.41 Å². The zero-order chi connectivity index (χ0) is 15.1. The van der Waals surface area contributed by atoms with Gasteiger partial charge in [-0.1, -0.05) is 18.9 Å². The third-order valence-electron chi connectivity index (χ3n) is 5.27. The second-order valence-electron chi connectivity index (χ2n) is 6.66. The molecule has 0 aromatic heterocycles. The summed E-state index contributed by atoms with van der Waals surface area (Å²) in [6.07, 6.45) is 9.08. The number of anilines is 2. The number of piperidine rings is 1. The van der Waals surface area contributed by atoms with E-state index in [1.54, 1.807) is 12.1 Å². The van der Waals surface area contributed by atoms with Crippen molar-refractivity contribution in [1.82, 2.24) is 0 Å². The third-order valence-corrected chi connectivity index (χ3v) is 6.43. The van der Waals surface area contributed by atoms with E-state index in [0.29, 0.717) is 11.1 Å². The van der Waals surface area contributed by atoms with E-state index in [9.17, 15) is 8.42 Å². The van der Waals surface area contributed by atoms with Gasteiger partial charge in [0.2, 0.25) is 0 Å². The van der Waals surface area contributed by atoms with Gasteiger partial charge in [-0.3, -0.25) is 0 Å². The minimum Gasteiger partial charge on any atom is -0.396 e. The Morgan fingerprint density at radius 1 is 1.10 bits per heavy atom. The largest absolute Gasteiger partial charge is 0.396 e. The van der Waals surface area contributed by atoms with E-state index in [0.717, 1.165) is 18.8 Å². The molecule has 0 radical (unpaired) electrons. The summed E-state index contributed by atoms with van der Waals surface area (Å²) in [4.78, 5) is 2.51. The first kappa shape index (κ1) is 14.7. The van der Waals surface area contributed by atoms with Crippen LogP contribution in [0.4, 0.5) is 11.4 Å². The number of nitrogen functional groups attached to an aromatic ring is 1. The summed E-state index contributed by atoms with van der Waals surface area (Å²) in [5.74, 6) is 0. The van der Waals surface area contributed by atoms with E-state index < -0.39 is 9.84 Å². The Labute approximate surface area is 127 Å². The maximum absolute atomic E-state index is 11.8. The lowest BCUT2D eigenvalue weighted by Gasteiger charge is -2.41. The molecule has 1 saturated carbocycles. The van der Waals surface area contributed by atoms with Crippen molar-refractivity contribution < 1.29 is 8.42 Å². The van der Waals surface area contributed by atoms with E-state index in [4.69, 9.17) is 5.73 Å². The molecule has 5 heteroatoms. The molecule has 1 aliphatic heterocycles. The number of nitrogens with zero attached hydrogens (tertiary/aromatic N) is 1. The van der Waals surface area contributed by atoms with Crippen LogP contribution in [0.2, 0.25) is 0 Å². The topological polar surface area (TPSA) is 63.4 Å². The van der Waals surface area contributed by atoms with E-state index in [-0.39, 0.29) is 4.90 Å². The molecule has 2 N–H and O–H groups in total. The Bertz CT molecular complexity index is 624. The van der Waals surface area contributed by atoms with Crippen molar-refractivity contribution >= 4 is 21.2 Å². The zero-order valence-corrected chi connectivity index (χ0v) is 13.5. The van der Waals surface area contributed by atoms with Crippen LogP contribution < -0.4 is 10.6 Å². The van der Waals surface area contributed by atoms with Crippen LogP contribution in [-0.2, 0) is 9.84 Å². The molecule has 2 aliphatic rings. The summed E-state index contributed by atoms with van der Waals surface area (Å²) in [5.41, 5.74) is 7.97. The molecular formula is C16H24N2O2S. The second-order valence-corrected chi connectivity index (χ2v) is 8.64. The quantitative estimate of drug-likeness (QED) is 0.853. The lowest BCUT2D eigenvalue weighted by molar-refractivity contribution is 0.226. The van der Waals surface area contributed by atoms with E-state index >= 15 is 0 Å². The number of sulfone groups is 1. The number of benzene rings is 1. The average Bonchev–Trinajstić information content (AvgIpc) is 2.87. The lowest BCUT2D eigenvalue weighted by Crippen LogP contribution is -2.39. The molecule has 0 unspecified atom stereocenters. The Morgan fingerprint density at radius 2 is 1.71 bits per heavy atom. The first-order valence-corrected chi connectivity index (χ1v) is 9.64. The molecule has 4 nitrogen and oxygen atoms in total. The second kappa shape index (κ2) is 5.20. The van der Waals surface area contributed by atoms with Gasteiger partial charge in [0.05, 0.1) is 16.3 Å². The van der Waals surface area contributed by atoms with Gasteiger partial charge in [-0.15, -0.1) is 0 Å². The fourth-order valence-corrected chi connectivity index (χ4v) is 4.81. The van der Waals surface area contributed by atoms with Crippen LogP contribution in [-0.4, -0.2) is 27.8 Å². The summed E-state index contributed by atoms with van der Waals surface area (Å²) < 4.78 is 23.6. The molecule has 116 valence electrons. The predicted molar refractivity (Wildman–Crippen MR) is 86.3 cm³/mol. The van der Waals surface area contributed by atoms with Gasteiger partial charge in [-0.05, 0) is 43.2 Å².